The van der Waals surface area contributed by atoms with E-state index < -0.39 is 0 Å². The van der Waals surface area contributed by atoms with Crippen molar-refractivity contribution in [2.75, 3.05) is 31.2 Å². The maximum atomic E-state index is 12.4. The standard InChI is InChI=1S/C19H23N7O2/c1-14(17-24-23-16-6-2-3-8-26(16)17)22-19(27)21-13-15-5-4-7-20-18(15)25-9-11-28-12-10-25/h2-8,14H,9-13H2,1H3,(H2,21,22,27). The summed E-state index contributed by atoms with van der Waals surface area (Å²) in [6.07, 6.45) is 3.65. The normalized spacial score (nSPS) is 15.4. The Kier molecular flexibility index (Phi) is 5.34. The van der Waals surface area contributed by atoms with Crippen LogP contribution in [-0.2, 0) is 11.3 Å². The summed E-state index contributed by atoms with van der Waals surface area (Å²) in [4.78, 5) is 19.1. The van der Waals surface area contributed by atoms with Gasteiger partial charge in [-0.2, -0.15) is 0 Å². The topological polar surface area (TPSA) is 96.7 Å². The Morgan fingerprint density at radius 3 is 2.93 bits per heavy atom. The van der Waals surface area contributed by atoms with Crippen LogP contribution in [0.2, 0.25) is 0 Å². The van der Waals surface area contributed by atoms with Crippen LogP contribution in [0.25, 0.3) is 5.65 Å². The minimum atomic E-state index is -0.287. The molecule has 0 aromatic carbocycles. The molecule has 2 amide bonds. The van der Waals surface area contributed by atoms with Crippen LogP contribution < -0.4 is 15.5 Å². The van der Waals surface area contributed by atoms with Gasteiger partial charge in [0.05, 0.1) is 19.3 Å². The predicted octanol–water partition coefficient (Wildman–Crippen LogP) is 1.52. The van der Waals surface area contributed by atoms with E-state index in [1.54, 1.807) is 6.20 Å². The van der Waals surface area contributed by atoms with E-state index in [0.29, 0.717) is 25.6 Å². The Morgan fingerprint density at radius 1 is 1.21 bits per heavy atom. The second kappa shape index (κ2) is 8.22. The van der Waals surface area contributed by atoms with Crippen LogP contribution in [0.15, 0.2) is 42.7 Å². The Hall–Kier alpha value is -3.20. The molecule has 28 heavy (non-hydrogen) atoms. The number of amides is 2. The van der Waals surface area contributed by atoms with E-state index in [4.69, 9.17) is 4.74 Å². The fourth-order valence-corrected chi connectivity index (χ4v) is 3.27. The molecule has 9 nitrogen and oxygen atoms in total. The predicted molar refractivity (Wildman–Crippen MR) is 104 cm³/mol. The van der Waals surface area contributed by atoms with Crippen molar-refractivity contribution in [3.8, 4) is 0 Å². The number of morpholine rings is 1. The summed E-state index contributed by atoms with van der Waals surface area (Å²) >= 11 is 0. The van der Waals surface area contributed by atoms with Crippen molar-refractivity contribution in [3.05, 3.63) is 54.1 Å². The van der Waals surface area contributed by atoms with Gasteiger partial charge in [-0.25, -0.2) is 9.78 Å². The van der Waals surface area contributed by atoms with E-state index in [1.165, 1.54) is 0 Å². The zero-order valence-electron chi connectivity index (χ0n) is 15.7. The van der Waals surface area contributed by atoms with E-state index in [0.717, 1.165) is 30.1 Å². The smallest absolute Gasteiger partial charge is 0.315 e. The minimum Gasteiger partial charge on any atom is -0.378 e. The highest BCUT2D eigenvalue weighted by Crippen LogP contribution is 2.18. The summed E-state index contributed by atoms with van der Waals surface area (Å²) in [5.41, 5.74) is 1.72. The Bertz CT molecular complexity index is 952. The maximum Gasteiger partial charge on any atom is 0.315 e. The molecule has 9 heteroatoms. The third-order valence-electron chi connectivity index (χ3n) is 4.69. The first-order valence-electron chi connectivity index (χ1n) is 9.33. The van der Waals surface area contributed by atoms with Crippen molar-refractivity contribution >= 4 is 17.5 Å². The summed E-state index contributed by atoms with van der Waals surface area (Å²) in [7, 11) is 0. The van der Waals surface area contributed by atoms with Crippen molar-refractivity contribution in [3.63, 3.8) is 0 Å². The highest BCUT2D eigenvalue weighted by molar-refractivity contribution is 5.74. The molecule has 0 radical (unpaired) electrons. The minimum absolute atomic E-state index is 0.267. The van der Waals surface area contributed by atoms with Gasteiger partial charge in [-0.05, 0) is 25.1 Å². The largest absolute Gasteiger partial charge is 0.378 e. The van der Waals surface area contributed by atoms with Crippen LogP contribution in [0.3, 0.4) is 0 Å². The first-order chi connectivity index (χ1) is 13.7. The molecule has 0 spiro atoms. The zero-order chi connectivity index (χ0) is 19.3. The second-order valence-electron chi connectivity index (χ2n) is 6.62. The quantitative estimate of drug-likeness (QED) is 0.696. The molecule has 4 heterocycles. The maximum absolute atomic E-state index is 12.4. The summed E-state index contributed by atoms with van der Waals surface area (Å²) in [5, 5.41) is 14.1. The Morgan fingerprint density at radius 2 is 2.07 bits per heavy atom. The molecule has 3 aromatic heterocycles. The summed E-state index contributed by atoms with van der Waals surface area (Å²) in [6, 6.07) is 8.98. The van der Waals surface area contributed by atoms with Crippen molar-refractivity contribution in [1.29, 1.82) is 0 Å². The molecule has 3 aromatic rings. The van der Waals surface area contributed by atoms with E-state index in [9.17, 15) is 4.79 Å². The van der Waals surface area contributed by atoms with Gasteiger partial charge in [0.15, 0.2) is 11.5 Å². The van der Waals surface area contributed by atoms with Gasteiger partial charge in [0.25, 0.3) is 0 Å². The molecule has 2 N–H and O–H groups in total. The van der Waals surface area contributed by atoms with E-state index in [-0.39, 0.29) is 12.1 Å². The first kappa shape index (κ1) is 18.2. The second-order valence-corrected chi connectivity index (χ2v) is 6.62. The van der Waals surface area contributed by atoms with Crippen LogP contribution in [-0.4, -0.2) is 51.9 Å². The molecular weight excluding hydrogens is 358 g/mol. The van der Waals surface area contributed by atoms with Gasteiger partial charge in [-0.3, -0.25) is 4.40 Å². The number of fused-ring (bicyclic) bond motifs is 1. The molecule has 1 aliphatic heterocycles. The Balaban J connectivity index is 1.38. The summed E-state index contributed by atoms with van der Waals surface area (Å²) < 4.78 is 7.27. The average molecular weight is 381 g/mol. The molecule has 0 aliphatic carbocycles. The van der Waals surface area contributed by atoms with Gasteiger partial charge in [-0.15, -0.1) is 10.2 Å². The lowest BCUT2D eigenvalue weighted by Crippen LogP contribution is -2.39. The fourth-order valence-electron chi connectivity index (χ4n) is 3.27. The number of nitrogens with one attached hydrogen (secondary N) is 2. The van der Waals surface area contributed by atoms with Gasteiger partial charge in [0, 0.05) is 37.6 Å². The Labute approximate surface area is 162 Å². The molecule has 1 fully saturated rings. The molecule has 4 rings (SSSR count). The molecule has 0 bridgehead atoms. The van der Waals surface area contributed by atoms with E-state index in [2.05, 4.69) is 30.7 Å². The SMILES string of the molecule is CC(NC(=O)NCc1cccnc1N1CCOCC1)c1nnc2ccccn12. The van der Waals surface area contributed by atoms with Crippen LogP contribution in [0.4, 0.5) is 10.6 Å². The number of carbonyl (C=O) groups excluding carboxylic acids is 1. The number of hydrogen-bond donors (Lipinski definition) is 2. The van der Waals surface area contributed by atoms with Crippen LogP contribution in [0.1, 0.15) is 24.4 Å². The van der Waals surface area contributed by atoms with Crippen molar-refractivity contribution < 1.29 is 9.53 Å². The number of urea groups is 1. The average Bonchev–Trinajstić information content (AvgIpc) is 3.17. The lowest BCUT2D eigenvalue weighted by atomic mass is 10.2. The van der Waals surface area contributed by atoms with E-state index in [1.807, 2.05) is 47.9 Å². The van der Waals surface area contributed by atoms with Gasteiger partial charge < -0.3 is 20.3 Å². The third-order valence-corrected chi connectivity index (χ3v) is 4.69. The number of hydrogen-bond acceptors (Lipinski definition) is 6. The fraction of sp³-hybridized carbons (Fsp3) is 0.368. The lowest BCUT2D eigenvalue weighted by molar-refractivity contribution is 0.122. The van der Waals surface area contributed by atoms with Crippen LogP contribution >= 0.6 is 0 Å². The summed E-state index contributed by atoms with van der Waals surface area (Å²) in [5.74, 6) is 1.57. The third kappa shape index (κ3) is 3.89. The summed E-state index contributed by atoms with van der Waals surface area (Å²) in [6.45, 7) is 5.24. The van der Waals surface area contributed by atoms with Crippen molar-refractivity contribution in [2.24, 2.45) is 0 Å². The molecule has 1 atom stereocenters. The molecule has 1 saturated heterocycles. The zero-order valence-corrected chi connectivity index (χ0v) is 15.7. The molecular formula is C19H23N7O2. The number of rotatable bonds is 5. The number of anilines is 1. The molecule has 1 unspecified atom stereocenters. The highest BCUT2D eigenvalue weighted by atomic mass is 16.5. The van der Waals surface area contributed by atoms with Gasteiger partial charge in [0.1, 0.15) is 5.82 Å². The van der Waals surface area contributed by atoms with Crippen LogP contribution in [0.5, 0.6) is 0 Å². The van der Waals surface area contributed by atoms with Gasteiger partial charge in [-0.1, -0.05) is 12.1 Å². The van der Waals surface area contributed by atoms with Crippen LogP contribution in [0, 0.1) is 0 Å². The van der Waals surface area contributed by atoms with Crippen molar-refractivity contribution in [2.45, 2.75) is 19.5 Å². The number of aromatic nitrogens is 4. The molecule has 0 saturated carbocycles. The highest BCUT2D eigenvalue weighted by Gasteiger charge is 2.18. The number of ether oxygens (including phenoxy) is 1. The van der Waals surface area contributed by atoms with Gasteiger partial charge in [0.2, 0.25) is 0 Å². The number of pyridine rings is 2. The lowest BCUT2D eigenvalue weighted by Gasteiger charge is -2.29. The van der Waals surface area contributed by atoms with Crippen molar-refractivity contribution in [1.82, 2.24) is 30.2 Å². The van der Waals surface area contributed by atoms with Gasteiger partial charge >= 0.3 is 6.03 Å². The molecule has 1 aliphatic rings. The molecule has 146 valence electrons. The number of carbonyl (C=O) groups is 1. The monoisotopic (exact) mass is 381 g/mol. The number of nitrogens with zero attached hydrogens (tertiary/aromatic N) is 5. The first-order valence-corrected chi connectivity index (χ1v) is 9.33. The van der Waals surface area contributed by atoms with E-state index >= 15 is 0 Å².